The van der Waals surface area contributed by atoms with Gasteiger partial charge in [0.15, 0.2) is 11.5 Å². The van der Waals surface area contributed by atoms with Gasteiger partial charge in [0.2, 0.25) is 0 Å². The van der Waals surface area contributed by atoms with Crippen LogP contribution in [0.25, 0.3) is 0 Å². The number of hydrogen-bond acceptors (Lipinski definition) is 4. The van der Waals surface area contributed by atoms with Crippen LogP contribution in [0.3, 0.4) is 0 Å². The molecule has 0 aromatic heterocycles. The molecular weight excluding hydrogens is 206 g/mol. The van der Waals surface area contributed by atoms with Gasteiger partial charge in [0.1, 0.15) is 6.07 Å². The van der Waals surface area contributed by atoms with E-state index in [4.69, 9.17) is 14.7 Å². The van der Waals surface area contributed by atoms with Gasteiger partial charge < -0.3 is 14.6 Å². The second kappa shape index (κ2) is 3.69. The summed E-state index contributed by atoms with van der Waals surface area (Å²) in [5.41, 5.74) is 0.337. The minimum Gasteiger partial charge on any atom is -0.493 e. The van der Waals surface area contributed by atoms with Gasteiger partial charge in [0, 0.05) is 0 Å². The number of nitriles is 1. The Morgan fingerprint density at radius 1 is 1.31 bits per heavy atom. The van der Waals surface area contributed by atoms with Gasteiger partial charge in [0.05, 0.1) is 25.4 Å². The van der Waals surface area contributed by atoms with Gasteiger partial charge >= 0.3 is 0 Å². The van der Waals surface area contributed by atoms with Crippen LogP contribution < -0.4 is 9.47 Å². The average molecular weight is 219 g/mol. The van der Waals surface area contributed by atoms with Crippen LogP contribution in [0.2, 0.25) is 0 Å². The first-order valence-corrected chi connectivity index (χ1v) is 5.03. The van der Waals surface area contributed by atoms with E-state index in [1.165, 1.54) is 14.2 Å². The summed E-state index contributed by atoms with van der Waals surface area (Å²) in [5, 5.41) is 19.0. The molecule has 0 spiro atoms. The number of hydrogen-bond donors (Lipinski definition) is 1. The lowest BCUT2D eigenvalue weighted by Gasteiger charge is -2.14. The van der Waals surface area contributed by atoms with Crippen molar-refractivity contribution in [3.63, 3.8) is 0 Å². The molecule has 1 saturated carbocycles. The first-order valence-electron chi connectivity index (χ1n) is 5.03. The van der Waals surface area contributed by atoms with Gasteiger partial charge in [0.25, 0.3) is 0 Å². The minimum atomic E-state index is -0.773. The van der Waals surface area contributed by atoms with Crippen molar-refractivity contribution < 1.29 is 14.6 Å². The normalized spacial score (nSPS) is 16.4. The average Bonchev–Trinajstić information content (AvgIpc) is 3.06. The lowest BCUT2D eigenvalue weighted by atomic mass is 10.0. The summed E-state index contributed by atoms with van der Waals surface area (Å²) < 4.78 is 10.3. The second-order valence-electron chi connectivity index (χ2n) is 3.90. The summed E-state index contributed by atoms with van der Waals surface area (Å²) in [7, 11) is 3.00. The molecule has 0 aliphatic heterocycles. The van der Waals surface area contributed by atoms with Gasteiger partial charge in [-0.1, -0.05) is 0 Å². The summed E-state index contributed by atoms with van der Waals surface area (Å²) in [6.07, 6.45) is 1.46. The van der Waals surface area contributed by atoms with Crippen molar-refractivity contribution in [1.82, 2.24) is 0 Å². The van der Waals surface area contributed by atoms with Gasteiger partial charge in [-0.15, -0.1) is 0 Å². The maximum Gasteiger partial charge on any atom is 0.178 e. The lowest BCUT2D eigenvalue weighted by Crippen LogP contribution is -2.06. The second-order valence-corrected chi connectivity index (χ2v) is 3.90. The zero-order valence-corrected chi connectivity index (χ0v) is 9.28. The molecule has 16 heavy (non-hydrogen) atoms. The third kappa shape index (κ3) is 1.59. The number of benzene rings is 1. The molecule has 1 aromatic carbocycles. The molecule has 2 rings (SSSR count). The Hall–Kier alpha value is -1.73. The quantitative estimate of drug-likeness (QED) is 0.837. The number of ether oxygens (including phenoxy) is 2. The smallest absolute Gasteiger partial charge is 0.178 e. The predicted octanol–water partition coefficient (Wildman–Crippen LogP) is 1.56. The van der Waals surface area contributed by atoms with Crippen molar-refractivity contribution in [2.45, 2.75) is 18.4 Å². The van der Waals surface area contributed by atoms with Crippen LogP contribution in [-0.4, -0.2) is 19.3 Å². The van der Waals surface area contributed by atoms with E-state index in [2.05, 4.69) is 0 Å². The molecule has 1 N–H and O–H groups in total. The van der Waals surface area contributed by atoms with Gasteiger partial charge in [-0.2, -0.15) is 5.26 Å². The Bertz CT molecular complexity index is 458. The molecule has 0 radical (unpaired) electrons. The maximum atomic E-state index is 10.00. The summed E-state index contributed by atoms with van der Waals surface area (Å²) in [4.78, 5) is 0. The molecule has 1 aliphatic carbocycles. The third-order valence-electron chi connectivity index (χ3n) is 2.86. The molecule has 4 nitrogen and oxygen atoms in total. The highest BCUT2D eigenvalue weighted by molar-refractivity contribution is 5.56. The summed E-state index contributed by atoms with van der Waals surface area (Å²) in [6, 6.07) is 5.44. The van der Waals surface area contributed by atoms with Crippen LogP contribution in [0, 0.1) is 11.3 Å². The number of nitrogens with zero attached hydrogens (tertiary/aromatic N) is 1. The molecule has 0 saturated heterocycles. The monoisotopic (exact) mass is 219 g/mol. The zero-order valence-electron chi connectivity index (χ0n) is 9.28. The fraction of sp³-hybridized carbons (Fsp3) is 0.417. The highest BCUT2D eigenvalue weighted by Gasteiger charge is 2.43. The van der Waals surface area contributed by atoms with Crippen molar-refractivity contribution >= 4 is 0 Å². The van der Waals surface area contributed by atoms with E-state index in [-0.39, 0.29) is 0 Å². The Labute approximate surface area is 94.0 Å². The molecule has 1 aromatic rings. The lowest BCUT2D eigenvalue weighted by molar-refractivity contribution is 0.151. The molecule has 0 amide bonds. The Kier molecular flexibility index (Phi) is 2.49. The highest BCUT2D eigenvalue weighted by Crippen LogP contribution is 2.48. The molecule has 0 unspecified atom stereocenters. The molecule has 0 atom stereocenters. The largest absolute Gasteiger partial charge is 0.493 e. The minimum absolute atomic E-state index is 0.386. The zero-order chi connectivity index (χ0) is 11.8. The summed E-state index contributed by atoms with van der Waals surface area (Å²) in [6.45, 7) is 0. The van der Waals surface area contributed by atoms with E-state index in [1.54, 1.807) is 12.1 Å². The molecule has 1 aliphatic rings. The van der Waals surface area contributed by atoms with Crippen LogP contribution in [0.1, 0.15) is 24.0 Å². The number of methoxy groups -OCH3 is 2. The molecule has 0 heterocycles. The molecule has 1 fully saturated rings. The predicted molar refractivity (Wildman–Crippen MR) is 57.4 cm³/mol. The van der Waals surface area contributed by atoms with Gasteiger partial charge in [-0.25, -0.2) is 0 Å². The van der Waals surface area contributed by atoms with Crippen molar-refractivity contribution in [3.8, 4) is 17.6 Å². The van der Waals surface area contributed by atoms with Gasteiger partial charge in [-0.05, 0) is 30.5 Å². The SMILES string of the molecule is COc1cc(C2(O)CC2)cc(C#N)c1OC. The van der Waals surface area contributed by atoms with Crippen LogP contribution in [0.15, 0.2) is 12.1 Å². The fourth-order valence-corrected chi connectivity index (χ4v) is 1.72. The van der Waals surface area contributed by atoms with Crippen molar-refractivity contribution in [1.29, 1.82) is 5.26 Å². The highest BCUT2D eigenvalue weighted by atomic mass is 16.5. The van der Waals surface area contributed by atoms with Gasteiger partial charge in [-0.3, -0.25) is 0 Å². The van der Waals surface area contributed by atoms with Crippen molar-refractivity contribution in [3.05, 3.63) is 23.3 Å². The molecule has 84 valence electrons. The molecule has 0 bridgehead atoms. The first-order chi connectivity index (χ1) is 7.64. The van der Waals surface area contributed by atoms with E-state index < -0.39 is 5.60 Å². The van der Waals surface area contributed by atoms with E-state index >= 15 is 0 Å². The summed E-state index contributed by atoms with van der Waals surface area (Å²) >= 11 is 0. The van der Waals surface area contributed by atoms with Crippen LogP contribution in [0.4, 0.5) is 0 Å². The van der Waals surface area contributed by atoms with E-state index in [9.17, 15) is 5.11 Å². The topological polar surface area (TPSA) is 62.5 Å². The van der Waals surface area contributed by atoms with E-state index in [0.29, 0.717) is 17.1 Å². The Morgan fingerprint density at radius 2 is 2.00 bits per heavy atom. The number of aliphatic hydroxyl groups is 1. The Morgan fingerprint density at radius 3 is 2.44 bits per heavy atom. The van der Waals surface area contributed by atoms with Crippen molar-refractivity contribution in [2.24, 2.45) is 0 Å². The third-order valence-corrected chi connectivity index (χ3v) is 2.86. The maximum absolute atomic E-state index is 10.00. The first kappa shape index (κ1) is 10.8. The summed E-state index contributed by atoms with van der Waals surface area (Å²) in [5.74, 6) is 0.898. The van der Waals surface area contributed by atoms with Crippen LogP contribution in [0.5, 0.6) is 11.5 Å². The van der Waals surface area contributed by atoms with E-state index in [0.717, 1.165) is 18.4 Å². The van der Waals surface area contributed by atoms with Crippen LogP contribution >= 0.6 is 0 Å². The van der Waals surface area contributed by atoms with E-state index in [1.807, 2.05) is 6.07 Å². The number of rotatable bonds is 3. The van der Waals surface area contributed by atoms with Crippen LogP contribution in [-0.2, 0) is 5.60 Å². The Balaban J connectivity index is 2.56. The van der Waals surface area contributed by atoms with Crippen molar-refractivity contribution in [2.75, 3.05) is 14.2 Å². The molecule has 4 heteroatoms. The molecular formula is C12H13NO3. The fourth-order valence-electron chi connectivity index (χ4n) is 1.72. The standard InChI is InChI=1S/C12H13NO3/c1-15-10-6-9(12(14)3-4-12)5-8(7-13)11(10)16-2/h5-6,14H,3-4H2,1-2H3.